The summed E-state index contributed by atoms with van der Waals surface area (Å²) in [5, 5.41) is 27.0. The summed E-state index contributed by atoms with van der Waals surface area (Å²) in [6, 6.07) is 25.7. The lowest BCUT2D eigenvalue weighted by molar-refractivity contribution is -0.256. The highest BCUT2D eigenvalue weighted by molar-refractivity contribution is 6.03. The quantitative estimate of drug-likeness (QED) is 0.0482. The molecular formula is C54H65FN2O8. The van der Waals surface area contributed by atoms with Crippen molar-refractivity contribution in [2.45, 2.75) is 109 Å². The Morgan fingerprint density at radius 1 is 0.938 bits per heavy atom. The Bertz CT molecular complexity index is 2330. The van der Waals surface area contributed by atoms with Crippen LogP contribution in [0.15, 0.2) is 127 Å². The van der Waals surface area contributed by atoms with E-state index in [1.807, 2.05) is 63.2 Å². The minimum absolute atomic E-state index is 0.000221. The van der Waals surface area contributed by atoms with Gasteiger partial charge in [-0.2, -0.15) is 0 Å². The van der Waals surface area contributed by atoms with E-state index < -0.39 is 29.4 Å². The zero-order chi connectivity index (χ0) is 46.0. The number of amides is 1. The van der Waals surface area contributed by atoms with Gasteiger partial charge in [0, 0.05) is 36.7 Å². The first-order chi connectivity index (χ1) is 31.5. The first-order valence-corrected chi connectivity index (χ1v) is 23.2. The highest BCUT2D eigenvalue weighted by atomic mass is 19.1. The van der Waals surface area contributed by atoms with E-state index in [0.29, 0.717) is 42.0 Å². The van der Waals surface area contributed by atoms with Gasteiger partial charge in [-0.05, 0) is 111 Å². The number of aliphatic hydroxyl groups is 2. The van der Waals surface area contributed by atoms with Crippen molar-refractivity contribution in [3.05, 3.63) is 144 Å². The van der Waals surface area contributed by atoms with Crippen LogP contribution in [0.1, 0.15) is 94.7 Å². The van der Waals surface area contributed by atoms with Gasteiger partial charge in [0.05, 0.1) is 31.4 Å². The van der Waals surface area contributed by atoms with Crippen LogP contribution in [0.25, 0.3) is 10.8 Å². The van der Waals surface area contributed by atoms with Crippen molar-refractivity contribution in [1.82, 2.24) is 4.90 Å². The summed E-state index contributed by atoms with van der Waals surface area (Å²) in [5.41, 5.74) is 3.22. The number of rotatable bonds is 21. The van der Waals surface area contributed by atoms with Crippen LogP contribution in [0.2, 0.25) is 0 Å². The van der Waals surface area contributed by atoms with Crippen molar-refractivity contribution in [3.63, 3.8) is 0 Å². The van der Waals surface area contributed by atoms with E-state index in [2.05, 4.69) is 37.4 Å². The maximum atomic E-state index is 14.9. The summed E-state index contributed by atoms with van der Waals surface area (Å²) in [6.07, 6.45) is 10.3. The normalized spacial score (nSPS) is 22.8. The standard InChI is InChI=1S/C54H65FN2O8/c1-6-8-31-61-52(60)57(35-39-22-17-21-37-18-9-11-23-42(37)39)49-34-47(56-65-53(3,4)5)44-32-38(19-13-15-28-58)43(24-14-16-29-59)50-45-33-41(62-36-40-20-10-12-25-46(40)55)26-27-48(45)64-54(49,51(44)50)63-30-7-2/h6-7,9-12,17-18,20-23,25-27,32-33,38,43,49-51,58-59H,1-2,8,13-16,19,24,28-31,34-36H2,3-5H3. The fourth-order valence-corrected chi connectivity index (χ4v) is 9.94. The number of unbranched alkanes of at least 4 members (excludes halogenated alkanes) is 2. The van der Waals surface area contributed by atoms with Crippen LogP contribution in [0, 0.1) is 23.6 Å². The first kappa shape index (κ1) is 47.5. The van der Waals surface area contributed by atoms with Crippen LogP contribution in [-0.4, -0.2) is 70.8 Å². The minimum Gasteiger partial charge on any atom is -0.489 e. The number of halogens is 1. The Kier molecular flexibility index (Phi) is 15.8. The zero-order valence-corrected chi connectivity index (χ0v) is 38.1. The average Bonchev–Trinajstić information content (AvgIpc) is 3.30. The second-order valence-electron chi connectivity index (χ2n) is 18.3. The Morgan fingerprint density at radius 3 is 2.43 bits per heavy atom. The van der Waals surface area contributed by atoms with E-state index in [9.17, 15) is 19.4 Å². The van der Waals surface area contributed by atoms with Gasteiger partial charge >= 0.3 is 6.09 Å². The maximum Gasteiger partial charge on any atom is 0.410 e. The Labute approximate surface area is 383 Å². The highest BCUT2D eigenvalue weighted by Crippen LogP contribution is 2.62. The van der Waals surface area contributed by atoms with Crippen LogP contribution in [0.3, 0.4) is 0 Å². The van der Waals surface area contributed by atoms with Gasteiger partial charge in [0.25, 0.3) is 0 Å². The average molecular weight is 889 g/mol. The second kappa shape index (κ2) is 21.7. The molecule has 6 unspecified atom stereocenters. The minimum atomic E-state index is -1.50. The fraction of sp³-hybridized carbons (Fsp3) is 0.444. The SMILES string of the molecule is C=CCCOC(=O)N(Cc1cccc2ccccc12)C1CC(=NOC(C)(C)C)C2=CC(CCCCO)C(CCCCO)C3c4cc(OCc5ccccc5F)ccc4OC1(OCC=C)C23. The Hall–Kier alpha value is -5.49. The second-order valence-corrected chi connectivity index (χ2v) is 18.3. The molecule has 1 heterocycles. The van der Waals surface area contributed by atoms with E-state index in [1.165, 1.54) is 6.07 Å². The first-order valence-electron chi connectivity index (χ1n) is 23.2. The monoisotopic (exact) mass is 888 g/mol. The largest absolute Gasteiger partial charge is 0.489 e. The molecule has 6 atom stereocenters. The molecule has 65 heavy (non-hydrogen) atoms. The molecule has 0 saturated heterocycles. The van der Waals surface area contributed by atoms with Crippen molar-refractivity contribution in [2.24, 2.45) is 22.9 Å². The van der Waals surface area contributed by atoms with Gasteiger partial charge in [-0.3, -0.25) is 4.90 Å². The van der Waals surface area contributed by atoms with Gasteiger partial charge in [0.15, 0.2) is 0 Å². The summed E-state index contributed by atoms with van der Waals surface area (Å²) in [6.45, 7) is 14.4. The molecule has 10 nitrogen and oxygen atoms in total. The van der Waals surface area contributed by atoms with E-state index >= 15 is 0 Å². The predicted molar refractivity (Wildman–Crippen MR) is 252 cm³/mol. The molecule has 7 rings (SSSR count). The maximum absolute atomic E-state index is 14.9. The van der Waals surface area contributed by atoms with E-state index in [0.717, 1.165) is 53.2 Å². The fourth-order valence-electron chi connectivity index (χ4n) is 9.94. The van der Waals surface area contributed by atoms with Crippen molar-refractivity contribution in [3.8, 4) is 11.5 Å². The van der Waals surface area contributed by atoms with Crippen molar-refractivity contribution in [2.75, 3.05) is 26.4 Å². The molecule has 0 bridgehead atoms. The van der Waals surface area contributed by atoms with E-state index in [4.69, 9.17) is 28.9 Å². The highest BCUT2D eigenvalue weighted by Gasteiger charge is 2.66. The van der Waals surface area contributed by atoms with Crippen LogP contribution < -0.4 is 9.47 Å². The van der Waals surface area contributed by atoms with Gasteiger partial charge < -0.3 is 34.0 Å². The summed E-state index contributed by atoms with van der Waals surface area (Å²) in [7, 11) is 0. The molecule has 1 fully saturated rings. The summed E-state index contributed by atoms with van der Waals surface area (Å²) >= 11 is 0. The molecule has 4 aromatic rings. The smallest absolute Gasteiger partial charge is 0.410 e. The summed E-state index contributed by atoms with van der Waals surface area (Å²) in [4.78, 5) is 23.0. The number of ether oxygens (including phenoxy) is 4. The van der Waals surface area contributed by atoms with Crippen LogP contribution >= 0.6 is 0 Å². The number of aliphatic hydroxyl groups excluding tert-OH is 2. The molecule has 0 aromatic heterocycles. The number of hydrogen-bond donors (Lipinski definition) is 2. The van der Waals surface area contributed by atoms with E-state index in [1.54, 1.807) is 35.3 Å². The van der Waals surface area contributed by atoms with E-state index in [-0.39, 0.29) is 69.6 Å². The third-order valence-corrected chi connectivity index (χ3v) is 12.8. The van der Waals surface area contributed by atoms with Crippen molar-refractivity contribution < 1.29 is 43.2 Å². The molecule has 1 saturated carbocycles. The molecule has 346 valence electrons. The topological polar surface area (TPSA) is 119 Å². The molecule has 0 spiro atoms. The number of hydrogen-bond acceptors (Lipinski definition) is 9. The number of carbonyl (C=O) groups excluding carboxylic acids is 1. The molecule has 2 N–H and O–H groups in total. The third kappa shape index (κ3) is 10.8. The van der Waals surface area contributed by atoms with Crippen LogP contribution in [-0.2, 0) is 27.5 Å². The Balaban J connectivity index is 1.47. The van der Waals surface area contributed by atoms with Gasteiger partial charge in [0.2, 0.25) is 5.79 Å². The lowest BCUT2D eigenvalue weighted by Gasteiger charge is -2.60. The number of benzene rings is 4. The lowest BCUT2D eigenvalue weighted by atomic mass is 9.55. The van der Waals surface area contributed by atoms with Gasteiger partial charge in [-0.25, -0.2) is 9.18 Å². The zero-order valence-electron chi connectivity index (χ0n) is 38.1. The molecular weight excluding hydrogens is 824 g/mol. The number of carbonyl (C=O) groups is 1. The van der Waals surface area contributed by atoms with Crippen LogP contribution in [0.5, 0.6) is 11.5 Å². The number of nitrogens with zero attached hydrogens (tertiary/aromatic N) is 2. The molecule has 1 amide bonds. The number of allylic oxidation sites excluding steroid dienone is 1. The van der Waals surface area contributed by atoms with Gasteiger partial charge in [0.1, 0.15) is 35.6 Å². The summed E-state index contributed by atoms with van der Waals surface area (Å²) < 4.78 is 41.9. The molecule has 4 aromatic carbocycles. The molecule has 2 aliphatic carbocycles. The molecule has 3 aliphatic rings. The van der Waals surface area contributed by atoms with Crippen LogP contribution in [0.4, 0.5) is 9.18 Å². The molecule has 11 heteroatoms. The predicted octanol–water partition coefficient (Wildman–Crippen LogP) is 11.2. The lowest BCUT2D eigenvalue weighted by Crippen LogP contribution is -2.70. The van der Waals surface area contributed by atoms with Crippen molar-refractivity contribution in [1.29, 1.82) is 0 Å². The summed E-state index contributed by atoms with van der Waals surface area (Å²) in [5.74, 6) is -1.49. The number of fused-ring (bicyclic) bond motifs is 3. The van der Waals surface area contributed by atoms with Gasteiger partial charge in [-0.15, -0.1) is 13.2 Å². The number of oxime groups is 1. The van der Waals surface area contributed by atoms with Gasteiger partial charge in [-0.1, -0.05) is 96.9 Å². The van der Waals surface area contributed by atoms with Crippen molar-refractivity contribution >= 4 is 22.6 Å². The molecule has 0 radical (unpaired) electrons. The molecule has 1 aliphatic heterocycles. The Morgan fingerprint density at radius 2 is 1.68 bits per heavy atom. The third-order valence-electron chi connectivity index (χ3n) is 12.8.